The summed E-state index contributed by atoms with van der Waals surface area (Å²) in [4.78, 5) is 11.0. The third-order valence-corrected chi connectivity index (χ3v) is 5.42. The maximum absolute atomic E-state index is 11.0. The Morgan fingerprint density at radius 1 is 0.786 bits per heavy atom. The third kappa shape index (κ3) is 12.0. The average Bonchev–Trinajstić information content (AvgIpc) is 2.70. The minimum atomic E-state index is -0.904. The molecule has 0 radical (unpaired) electrons. The van der Waals surface area contributed by atoms with E-state index in [4.69, 9.17) is 9.84 Å². The van der Waals surface area contributed by atoms with E-state index in [-0.39, 0.29) is 0 Å². The van der Waals surface area contributed by atoms with Crippen LogP contribution in [0, 0.1) is 0 Å². The van der Waals surface area contributed by atoms with Gasteiger partial charge in [-0.25, -0.2) is 4.79 Å². The van der Waals surface area contributed by atoms with Gasteiger partial charge in [-0.15, -0.1) is 0 Å². The van der Waals surface area contributed by atoms with Crippen molar-refractivity contribution in [3.05, 3.63) is 29.8 Å². The summed E-state index contributed by atoms with van der Waals surface area (Å²) >= 11 is 0. The fourth-order valence-electron chi connectivity index (χ4n) is 3.55. The molecule has 3 heteroatoms. The van der Waals surface area contributed by atoms with Crippen LogP contribution >= 0.6 is 0 Å². The number of unbranched alkanes of at least 4 members (excludes halogenated alkanes) is 12. The van der Waals surface area contributed by atoms with Gasteiger partial charge in [-0.1, -0.05) is 103 Å². The molecule has 0 bridgehead atoms. The maximum atomic E-state index is 11.0. The lowest BCUT2D eigenvalue weighted by molar-refractivity contribution is -0.145. The maximum Gasteiger partial charge on any atom is 0.344 e. The van der Waals surface area contributed by atoms with E-state index in [9.17, 15) is 4.79 Å². The highest BCUT2D eigenvalue weighted by atomic mass is 16.5. The first-order chi connectivity index (χ1) is 13.7. The largest absolute Gasteiger partial charge is 0.479 e. The lowest BCUT2D eigenvalue weighted by Gasteiger charge is -2.13. The van der Waals surface area contributed by atoms with Gasteiger partial charge >= 0.3 is 5.97 Å². The van der Waals surface area contributed by atoms with Gasteiger partial charge in [-0.2, -0.15) is 0 Å². The van der Waals surface area contributed by atoms with Crippen LogP contribution in [0.3, 0.4) is 0 Å². The Hall–Kier alpha value is -1.51. The number of ether oxygens (including phenoxy) is 1. The fraction of sp³-hybridized carbons (Fsp3) is 0.720. The molecule has 0 spiro atoms. The smallest absolute Gasteiger partial charge is 0.344 e. The molecule has 1 atom stereocenters. The number of benzene rings is 1. The summed E-state index contributed by atoms with van der Waals surface area (Å²) in [6.07, 6.45) is 18.7. The molecule has 0 aliphatic heterocycles. The molecule has 1 rings (SSSR count). The van der Waals surface area contributed by atoms with Crippen molar-refractivity contribution in [2.24, 2.45) is 0 Å². The standard InChI is InChI=1S/C25H42O3/c1-3-5-6-7-8-9-10-11-12-13-14-15-16-17-22-18-20-23(21-19-22)28-24(4-2)25(26)27/h18-21,24H,3-17H2,1-2H3,(H,26,27). The van der Waals surface area contributed by atoms with Crippen molar-refractivity contribution < 1.29 is 14.6 Å². The summed E-state index contributed by atoms with van der Waals surface area (Å²) in [6, 6.07) is 7.90. The molecule has 28 heavy (non-hydrogen) atoms. The van der Waals surface area contributed by atoms with Gasteiger partial charge < -0.3 is 9.84 Å². The van der Waals surface area contributed by atoms with Crippen molar-refractivity contribution in [1.29, 1.82) is 0 Å². The van der Waals surface area contributed by atoms with Crippen molar-refractivity contribution in [2.75, 3.05) is 0 Å². The summed E-state index contributed by atoms with van der Waals surface area (Å²) in [5, 5.41) is 9.05. The van der Waals surface area contributed by atoms with Crippen LogP contribution in [-0.4, -0.2) is 17.2 Å². The van der Waals surface area contributed by atoms with Gasteiger partial charge in [-0.05, 0) is 37.0 Å². The van der Waals surface area contributed by atoms with Gasteiger partial charge in [0, 0.05) is 0 Å². The molecule has 0 heterocycles. The van der Waals surface area contributed by atoms with E-state index in [1.165, 1.54) is 89.0 Å². The molecule has 1 unspecified atom stereocenters. The van der Waals surface area contributed by atoms with Crippen molar-refractivity contribution in [3.63, 3.8) is 0 Å². The number of carboxylic acids is 1. The molecule has 1 aromatic carbocycles. The fourth-order valence-corrected chi connectivity index (χ4v) is 3.55. The van der Waals surface area contributed by atoms with Crippen LogP contribution in [0.15, 0.2) is 24.3 Å². The summed E-state index contributed by atoms with van der Waals surface area (Å²) in [6.45, 7) is 4.10. The summed E-state index contributed by atoms with van der Waals surface area (Å²) in [5.41, 5.74) is 1.30. The first-order valence-electron chi connectivity index (χ1n) is 11.7. The highest BCUT2D eigenvalue weighted by Gasteiger charge is 2.16. The molecule has 0 amide bonds. The molecule has 1 aromatic rings. The van der Waals surface area contributed by atoms with Gasteiger partial charge in [0.05, 0.1) is 0 Å². The van der Waals surface area contributed by atoms with Crippen LogP contribution in [0.2, 0.25) is 0 Å². The van der Waals surface area contributed by atoms with Crippen LogP contribution < -0.4 is 4.74 Å². The zero-order valence-electron chi connectivity index (χ0n) is 18.3. The van der Waals surface area contributed by atoms with Crippen LogP contribution in [0.5, 0.6) is 5.75 Å². The summed E-state index contributed by atoms with van der Waals surface area (Å²) in [5.74, 6) is -0.262. The predicted octanol–water partition coefficient (Wildman–Crippen LogP) is 7.56. The molecule has 0 aliphatic carbocycles. The molecule has 0 saturated heterocycles. The number of hydrogen-bond donors (Lipinski definition) is 1. The quantitative estimate of drug-likeness (QED) is 0.263. The van der Waals surface area contributed by atoms with E-state index in [0.29, 0.717) is 12.2 Å². The minimum Gasteiger partial charge on any atom is -0.479 e. The van der Waals surface area contributed by atoms with E-state index in [1.54, 1.807) is 0 Å². The van der Waals surface area contributed by atoms with Gasteiger partial charge in [-0.3, -0.25) is 0 Å². The Kier molecular flexibility index (Phi) is 14.4. The second kappa shape index (κ2) is 16.4. The molecular weight excluding hydrogens is 348 g/mol. The molecular formula is C25H42O3. The lowest BCUT2D eigenvalue weighted by atomic mass is 10.0. The second-order valence-corrected chi connectivity index (χ2v) is 7.99. The highest BCUT2D eigenvalue weighted by molar-refractivity contribution is 5.72. The van der Waals surface area contributed by atoms with Crippen LogP contribution in [0.25, 0.3) is 0 Å². The second-order valence-electron chi connectivity index (χ2n) is 7.99. The number of aryl methyl sites for hydroxylation is 1. The minimum absolute atomic E-state index is 0.468. The lowest BCUT2D eigenvalue weighted by Crippen LogP contribution is -2.25. The number of carbonyl (C=O) groups is 1. The summed E-state index contributed by atoms with van der Waals surface area (Å²) in [7, 11) is 0. The normalized spacial score (nSPS) is 12.1. The third-order valence-electron chi connectivity index (χ3n) is 5.42. The Labute approximate surface area is 172 Å². The number of aliphatic carboxylic acids is 1. The first-order valence-corrected chi connectivity index (χ1v) is 11.7. The number of rotatable bonds is 18. The van der Waals surface area contributed by atoms with Gasteiger partial charge in [0.25, 0.3) is 0 Å². The Bertz CT molecular complexity index is 495. The Balaban J connectivity index is 1.99. The molecule has 160 valence electrons. The topological polar surface area (TPSA) is 46.5 Å². The van der Waals surface area contributed by atoms with Crippen LogP contribution in [-0.2, 0) is 11.2 Å². The molecule has 3 nitrogen and oxygen atoms in total. The van der Waals surface area contributed by atoms with Gasteiger partial charge in [0.1, 0.15) is 5.75 Å². The molecule has 0 aromatic heterocycles. The predicted molar refractivity (Wildman–Crippen MR) is 118 cm³/mol. The van der Waals surface area contributed by atoms with E-state index in [2.05, 4.69) is 19.1 Å². The van der Waals surface area contributed by atoms with Gasteiger partial charge in [0.15, 0.2) is 6.10 Å². The zero-order valence-corrected chi connectivity index (χ0v) is 18.3. The van der Waals surface area contributed by atoms with Crippen molar-refractivity contribution in [3.8, 4) is 5.75 Å². The molecule has 0 fully saturated rings. The highest BCUT2D eigenvalue weighted by Crippen LogP contribution is 2.17. The van der Waals surface area contributed by atoms with Gasteiger partial charge in [0.2, 0.25) is 0 Å². The van der Waals surface area contributed by atoms with E-state index < -0.39 is 12.1 Å². The average molecular weight is 391 g/mol. The first kappa shape index (κ1) is 24.5. The van der Waals surface area contributed by atoms with E-state index >= 15 is 0 Å². The Morgan fingerprint density at radius 3 is 1.68 bits per heavy atom. The Morgan fingerprint density at radius 2 is 1.25 bits per heavy atom. The van der Waals surface area contributed by atoms with Crippen molar-refractivity contribution in [2.45, 2.75) is 116 Å². The molecule has 0 aliphatic rings. The zero-order chi connectivity index (χ0) is 20.5. The van der Waals surface area contributed by atoms with E-state index in [1.807, 2.05) is 19.1 Å². The van der Waals surface area contributed by atoms with Crippen molar-refractivity contribution in [1.82, 2.24) is 0 Å². The number of hydrogen-bond acceptors (Lipinski definition) is 2. The number of carboxylic acid groups (broad SMARTS) is 1. The monoisotopic (exact) mass is 390 g/mol. The molecule has 0 saturated carbocycles. The molecule has 1 N–H and O–H groups in total. The van der Waals surface area contributed by atoms with E-state index in [0.717, 1.165) is 6.42 Å². The van der Waals surface area contributed by atoms with Crippen molar-refractivity contribution >= 4 is 5.97 Å². The van der Waals surface area contributed by atoms with Crippen LogP contribution in [0.4, 0.5) is 0 Å². The van der Waals surface area contributed by atoms with Crippen LogP contribution in [0.1, 0.15) is 109 Å². The summed E-state index contributed by atoms with van der Waals surface area (Å²) < 4.78 is 5.50. The SMILES string of the molecule is CCCCCCCCCCCCCCCc1ccc(OC(CC)C(=O)O)cc1.